The molecule has 11 nitrogen and oxygen atoms in total. The van der Waals surface area contributed by atoms with Gasteiger partial charge in [-0.05, 0) is 18.8 Å². The van der Waals surface area contributed by atoms with Crippen LogP contribution in [-0.2, 0) is 24.0 Å². The van der Waals surface area contributed by atoms with E-state index in [0.29, 0.717) is 12.8 Å². The highest BCUT2D eigenvalue weighted by Crippen LogP contribution is 2.19. The Hall–Kier alpha value is -2.34. The van der Waals surface area contributed by atoms with E-state index >= 15 is 0 Å². The summed E-state index contributed by atoms with van der Waals surface area (Å²) in [5.41, 5.74) is 5.72. The number of likely N-dealkylation sites (tertiary alicyclic amines) is 1. The van der Waals surface area contributed by atoms with Crippen molar-refractivity contribution in [1.82, 2.24) is 15.5 Å². The Balaban J connectivity index is 2.89. The van der Waals surface area contributed by atoms with E-state index in [-0.39, 0.29) is 18.2 Å². The summed E-state index contributed by atoms with van der Waals surface area (Å²) < 4.78 is 0. The lowest BCUT2D eigenvalue weighted by molar-refractivity contribution is -0.149. The molecule has 1 fully saturated rings. The Kier molecular flexibility index (Phi) is 9.37. The van der Waals surface area contributed by atoms with Crippen molar-refractivity contribution in [3.05, 3.63) is 0 Å². The first-order valence-electron chi connectivity index (χ1n) is 9.21. The molecule has 6 N–H and O–H groups in total. The summed E-state index contributed by atoms with van der Waals surface area (Å²) >= 11 is 4.04. The number of aliphatic carboxylic acids is 2. The van der Waals surface area contributed by atoms with E-state index in [9.17, 15) is 29.1 Å². The van der Waals surface area contributed by atoms with Crippen LogP contribution in [0.4, 0.5) is 0 Å². The van der Waals surface area contributed by atoms with Crippen molar-refractivity contribution in [2.75, 3.05) is 12.3 Å². The van der Waals surface area contributed by atoms with Crippen LogP contribution in [0.25, 0.3) is 0 Å². The maximum Gasteiger partial charge on any atom is 0.326 e. The maximum absolute atomic E-state index is 12.7. The number of carbonyl (C=O) groups is 5. The number of hydrogen-bond acceptors (Lipinski definition) is 7. The van der Waals surface area contributed by atoms with E-state index in [1.54, 1.807) is 13.8 Å². The van der Waals surface area contributed by atoms with Crippen LogP contribution in [0.1, 0.15) is 33.1 Å². The van der Waals surface area contributed by atoms with Gasteiger partial charge in [-0.1, -0.05) is 13.8 Å². The number of hydrogen-bond donors (Lipinski definition) is 6. The summed E-state index contributed by atoms with van der Waals surface area (Å²) in [4.78, 5) is 60.9. The molecule has 164 valence electrons. The molecule has 0 aromatic carbocycles. The summed E-state index contributed by atoms with van der Waals surface area (Å²) in [6.45, 7) is 3.62. The minimum Gasteiger partial charge on any atom is -0.481 e. The Bertz CT molecular complexity index is 658. The van der Waals surface area contributed by atoms with Gasteiger partial charge in [-0.3, -0.25) is 19.2 Å². The van der Waals surface area contributed by atoms with Crippen LogP contribution >= 0.6 is 12.6 Å². The molecule has 1 aliphatic heterocycles. The molecule has 29 heavy (non-hydrogen) atoms. The highest BCUT2D eigenvalue weighted by atomic mass is 32.1. The average molecular weight is 432 g/mol. The second-order valence-corrected chi connectivity index (χ2v) is 7.57. The topological polar surface area (TPSA) is 179 Å². The molecule has 0 spiro atoms. The van der Waals surface area contributed by atoms with Gasteiger partial charge in [-0.25, -0.2) is 4.79 Å². The lowest BCUT2D eigenvalue weighted by atomic mass is 10.0. The summed E-state index contributed by atoms with van der Waals surface area (Å²) in [6, 6.07) is -4.55. The first kappa shape index (κ1) is 24.7. The van der Waals surface area contributed by atoms with Crippen LogP contribution in [0, 0.1) is 5.92 Å². The SMILES string of the molecule is CC(C)C(N)C(=O)NC(CC(=O)O)C(=O)NC(CS)C(=O)N1CCCC1C(=O)O. The monoisotopic (exact) mass is 432 g/mol. The van der Waals surface area contributed by atoms with Crippen molar-refractivity contribution in [3.8, 4) is 0 Å². The molecule has 1 saturated heterocycles. The third kappa shape index (κ3) is 6.89. The Morgan fingerprint density at radius 3 is 2.17 bits per heavy atom. The molecule has 4 atom stereocenters. The standard InChI is InChI=1S/C17H28N4O7S/c1-8(2)13(18)15(25)19-9(6-12(22)23)14(24)20-10(7-29)16(26)21-5-3-4-11(21)17(27)28/h8-11,13,29H,3-7,18H2,1-2H3,(H,19,25)(H,20,24)(H,22,23)(H,27,28). The van der Waals surface area contributed by atoms with E-state index < -0.39 is 60.2 Å². The molecule has 0 saturated carbocycles. The quantitative estimate of drug-likeness (QED) is 0.224. The second-order valence-electron chi connectivity index (χ2n) is 7.20. The lowest BCUT2D eigenvalue weighted by Crippen LogP contribution is -2.58. The zero-order valence-electron chi connectivity index (χ0n) is 16.3. The molecule has 0 radical (unpaired) electrons. The van der Waals surface area contributed by atoms with Gasteiger partial charge in [0.05, 0.1) is 12.5 Å². The fourth-order valence-electron chi connectivity index (χ4n) is 2.90. The minimum atomic E-state index is -1.45. The highest BCUT2D eigenvalue weighted by molar-refractivity contribution is 7.80. The highest BCUT2D eigenvalue weighted by Gasteiger charge is 2.38. The van der Waals surface area contributed by atoms with Gasteiger partial charge in [0.2, 0.25) is 17.7 Å². The third-order valence-corrected chi connectivity index (χ3v) is 5.02. The van der Waals surface area contributed by atoms with Gasteiger partial charge < -0.3 is 31.5 Å². The molecule has 0 bridgehead atoms. The second kappa shape index (κ2) is 11.0. The van der Waals surface area contributed by atoms with E-state index in [1.807, 2.05) is 0 Å². The molecule has 1 heterocycles. The van der Waals surface area contributed by atoms with Gasteiger partial charge in [0, 0.05) is 12.3 Å². The predicted octanol–water partition coefficient (Wildman–Crippen LogP) is -1.58. The molecular weight excluding hydrogens is 404 g/mol. The van der Waals surface area contributed by atoms with Gasteiger partial charge in [-0.15, -0.1) is 0 Å². The van der Waals surface area contributed by atoms with Crippen LogP contribution in [0.2, 0.25) is 0 Å². The fourth-order valence-corrected chi connectivity index (χ4v) is 3.15. The first-order valence-corrected chi connectivity index (χ1v) is 9.85. The van der Waals surface area contributed by atoms with Gasteiger partial charge in [0.15, 0.2) is 0 Å². The summed E-state index contributed by atoms with van der Waals surface area (Å²) in [7, 11) is 0. The number of thiol groups is 1. The van der Waals surface area contributed by atoms with Crippen LogP contribution in [0.3, 0.4) is 0 Å². The largest absolute Gasteiger partial charge is 0.481 e. The predicted molar refractivity (Wildman–Crippen MR) is 105 cm³/mol. The number of carbonyl (C=O) groups excluding carboxylic acids is 3. The molecule has 4 unspecified atom stereocenters. The number of amides is 3. The Labute approximate surface area is 173 Å². The number of nitrogens with one attached hydrogen (secondary N) is 2. The molecule has 1 aliphatic rings. The fraction of sp³-hybridized carbons (Fsp3) is 0.706. The number of carboxylic acids is 2. The van der Waals surface area contributed by atoms with Crippen molar-refractivity contribution in [2.45, 2.75) is 57.3 Å². The van der Waals surface area contributed by atoms with Crippen LogP contribution in [-0.4, -0.2) is 81.2 Å². The van der Waals surface area contributed by atoms with Crippen LogP contribution in [0.5, 0.6) is 0 Å². The number of carboxylic acid groups (broad SMARTS) is 2. The van der Waals surface area contributed by atoms with E-state index in [2.05, 4.69) is 23.3 Å². The molecule has 3 amide bonds. The molecule has 0 aliphatic carbocycles. The van der Waals surface area contributed by atoms with Crippen molar-refractivity contribution in [3.63, 3.8) is 0 Å². The van der Waals surface area contributed by atoms with E-state index in [4.69, 9.17) is 10.8 Å². The molecule has 0 aromatic heterocycles. The smallest absolute Gasteiger partial charge is 0.326 e. The van der Waals surface area contributed by atoms with Crippen molar-refractivity contribution < 1.29 is 34.2 Å². The van der Waals surface area contributed by atoms with Crippen molar-refractivity contribution >= 4 is 42.3 Å². The van der Waals surface area contributed by atoms with Crippen molar-refractivity contribution in [2.24, 2.45) is 11.7 Å². The number of nitrogens with zero attached hydrogens (tertiary/aromatic N) is 1. The zero-order valence-corrected chi connectivity index (χ0v) is 17.2. The molecule has 1 rings (SSSR count). The van der Waals surface area contributed by atoms with Crippen molar-refractivity contribution in [1.29, 1.82) is 0 Å². The van der Waals surface area contributed by atoms with Crippen LogP contribution < -0.4 is 16.4 Å². The number of rotatable bonds is 10. The van der Waals surface area contributed by atoms with Crippen LogP contribution in [0.15, 0.2) is 0 Å². The molecule has 12 heteroatoms. The van der Waals surface area contributed by atoms with E-state index in [0.717, 1.165) is 4.90 Å². The van der Waals surface area contributed by atoms with Gasteiger partial charge in [0.1, 0.15) is 18.1 Å². The molecule has 0 aromatic rings. The zero-order chi connectivity index (χ0) is 22.3. The first-order chi connectivity index (χ1) is 13.5. The number of nitrogens with two attached hydrogens (primary N) is 1. The summed E-state index contributed by atoms with van der Waals surface area (Å²) in [5.74, 6) is -5.06. The summed E-state index contributed by atoms with van der Waals surface area (Å²) in [6.07, 6.45) is 0.108. The normalized spacial score (nSPS) is 19.3. The average Bonchev–Trinajstić information content (AvgIpc) is 3.13. The Morgan fingerprint density at radius 1 is 1.10 bits per heavy atom. The Morgan fingerprint density at radius 2 is 1.69 bits per heavy atom. The summed E-state index contributed by atoms with van der Waals surface area (Å²) in [5, 5.41) is 22.9. The van der Waals surface area contributed by atoms with E-state index in [1.165, 1.54) is 0 Å². The lowest BCUT2D eigenvalue weighted by Gasteiger charge is -2.28. The molecular formula is C17H28N4O7S. The third-order valence-electron chi connectivity index (χ3n) is 4.65. The van der Waals surface area contributed by atoms with Gasteiger partial charge >= 0.3 is 11.9 Å². The van der Waals surface area contributed by atoms with Gasteiger partial charge in [-0.2, -0.15) is 12.6 Å². The minimum absolute atomic E-state index is 0.132. The maximum atomic E-state index is 12.7. The van der Waals surface area contributed by atoms with Gasteiger partial charge in [0.25, 0.3) is 0 Å².